The average molecular weight is 517 g/mol. The van der Waals surface area contributed by atoms with E-state index in [1.54, 1.807) is 0 Å². The number of benzene rings is 1. The number of ether oxygens (including phenoxy) is 2. The molecule has 0 amide bonds. The molecule has 1 saturated heterocycles. The maximum Gasteiger partial charge on any atom is 0.171 e. The summed E-state index contributed by atoms with van der Waals surface area (Å²) in [5, 5.41) is 24.1. The van der Waals surface area contributed by atoms with Gasteiger partial charge in [-0.1, -0.05) is 49.6 Å². The molecule has 2 N–H and O–H groups in total. The van der Waals surface area contributed by atoms with E-state index < -0.39 is 17.0 Å². The van der Waals surface area contributed by atoms with Crippen molar-refractivity contribution < 1.29 is 19.7 Å². The Morgan fingerprint density at radius 3 is 2.39 bits per heavy atom. The molecule has 0 radical (unpaired) electrons. The zero-order valence-corrected chi connectivity index (χ0v) is 23.4. The zero-order chi connectivity index (χ0) is 26.3. The second-order valence-corrected chi connectivity index (χ2v) is 13.7. The Balaban J connectivity index is 1.33. The molecule has 1 aliphatic heterocycles. The van der Waals surface area contributed by atoms with Gasteiger partial charge in [0.2, 0.25) is 0 Å². The number of allylic oxidation sites excluding steroid dienone is 1. The van der Waals surface area contributed by atoms with E-state index in [2.05, 4.69) is 50.0 Å². The number of rotatable bonds is 3. The first-order valence-corrected chi connectivity index (χ1v) is 15.2. The number of hydrogen-bond donors (Lipinski definition) is 2. The van der Waals surface area contributed by atoms with Gasteiger partial charge in [-0.25, -0.2) is 0 Å². The molecule has 0 bridgehead atoms. The van der Waals surface area contributed by atoms with Crippen molar-refractivity contribution in [3.8, 4) is 11.8 Å². The van der Waals surface area contributed by atoms with Crippen LogP contribution in [0.2, 0.25) is 0 Å². The van der Waals surface area contributed by atoms with Gasteiger partial charge in [0, 0.05) is 24.2 Å². The first-order valence-electron chi connectivity index (χ1n) is 15.2. The van der Waals surface area contributed by atoms with Crippen molar-refractivity contribution >= 4 is 0 Å². The van der Waals surface area contributed by atoms with Crippen molar-refractivity contribution in [3.05, 3.63) is 46.5 Å². The van der Waals surface area contributed by atoms with Crippen LogP contribution in [0.3, 0.4) is 0 Å². The summed E-state index contributed by atoms with van der Waals surface area (Å²) in [5.41, 5.74) is 3.44. The molecular formula is C34H44O4. The highest BCUT2D eigenvalue weighted by Crippen LogP contribution is 2.68. The van der Waals surface area contributed by atoms with E-state index in [9.17, 15) is 10.2 Å². The van der Waals surface area contributed by atoms with Gasteiger partial charge >= 0.3 is 0 Å². The molecule has 1 aromatic rings. The highest BCUT2D eigenvalue weighted by Gasteiger charge is 2.64. The number of fused-ring (bicyclic) bond motifs is 4. The van der Waals surface area contributed by atoms with Crippen LogP contribution in [0.5, 0.6) is 0 Å². The second-order valence-electron chi connectivity index (χ2n) is 13.7. The van der Waals surface area contributed by atoms with E-state index in [1.165, 1.54) is 35.1 Å². The third-order valence-electron chi connectivity index (χ3n) is 11.9. The van der Waals surface area contributed by atoms with Crippen LogP contribution in [0.1, 0.15) is 108 Å². The maximum absolute atomic E-state index is 12.2. The smallest absolute Gasteiger partial charge is 0.171 e. The van der Waals surface area contributed by atoms with Gasteiger partial charge < -0.3 is 19.7 Å². The lowest BCUT2D eigenvalue weighted by atomic mass is 9.49. The minimum absolute atomic E-state index is 0.191. The minimum atomic E-state index is -0.947. The molecule has 4 saturated carbocycles. The fraction of sp³-hybridized carbons (Fsp3) is 0.706. The van der Waals surface area contributed by atoms with Crippen molar-refractivity contribution in [2.24, 2.45) is 23.2 Å². The van der Waals surface area contributed by atoms with E-state index in [4.69, 9.17) is 9.47 Å². The van der Waals surface area contributed by atoms with Gasteiger partial charge in [-0.2, -0.15) is 0 Å². The van der Waals surface area contributed by atoms with Crippen molar-refractivity contribution in [1.29, 1.82) is 0 Å². The van der Waals surface area contributed by atoms with Crippen molar-refractivity contribution in [3.63, 3.8) is 0 Å². The van der Waals surface area contributed by atoms with Crippen LogP contribution >= 0.6 is 0 Å². The summed E-state index contributed by atoms with van der Waals surface area (Å²) in [6.07, 6.45) is 9.23. The van der Waals surface area contributed by atoms with Crippen LogP contribution in [0.4, 0.5) is 0 Å². The quantitative estimate of drug-likeness (QED) is 0.370. The van der Waals surface area contributed by atoms with Crippen LogP contribution in [0, 0.1) is 35.0 Å². The molecule has 0 aromatic heterocycles. The predicted octanol–water partition coefficient (Wildman–Crippen LogP) is 6.22. The summed E-state index contributed by atoms with van der Waals surface area (Å²) >= 11 is 0. The molecule has 38 heavy (non-hydrogen) atoms. The molecule has 4 heteroatoms. The normalized spacial score (nSPS) is 42.2. The lowest BCUT2D eigenvalue weighted by Gasteiger charge is -2.57. The lowest BCUT2D eigenvalue weighted by molar-refractivity contribution is -0.208. The van der Waals surface area contributed by atoms with E-state index in [-0.39, 0.29) is 11.3 Å². The Morgan fingerprint density at radius 1 is 0.974 bits per heavy atom. The van der Waals surface area contributed by atoms with Gasteiger partial charge in [-0.15, -0.1) is 5.92 Å². The summed E-state index contributed by atoms with van der Waals surface area (Å²) in [4.78, 5) is 0. The van der Waals surface area contributed by atoms with Crippen LogP contribution < -0.4 is 0 Å². The first-order chi connectivity index (χ1) is 18.2. The number of hydrogen-bond acceptors (Lipinski definition) is 4. The minimum Gasteiger partial charge on any atom is -0.385 e. The Morgan fingerprint density at radius 2 is 1.71 bits per heavy atom. The van der Waals surface area contributed by atoms with Gasteiger partial charge in [0.1, 0.15) is 5.60 Å². The third-order valence-corrected chi connectivity index (χ3v) is 11.9. The molecule has 1 spiro atoms. The molecule has 5 fully saturated rings. The Kier molecular flexibility index (Phi) is 5.79. The van der Waals surface area contributed by atoms with Crippen molar-refractivity contribution in [2.75, 3.05) is 13.2 Å². The van der Waals surface area contributed by atoms with Crippen LogP contribution in [0.25, 0.3) is 0 Å². The molecule has 7 atom stereocenters. The summed E-state index contributed by atoms with van der Waals surface area (Å²) in [6, 6.07) is 9.41. The van der Waals surface area contributed by atoms with Gasteiger partial charge in [0.15, 0.2) is 5.79 Å². The van der Waals surface area contributed by atoms with Gasteiger partial charge in [0.05, 0.1) is 18.8 Å². The third kappa shape index (κ3) is 3.65. The van der Waals surface area contributed by atoms with Gasteiger partial charge in [-0.05, 0) is 98.7 Å². The maximum atomic E-state index is 12.2. The molecule has 4 nitrogen and oxygen atoms in total. The zero-order valence-electron chi connectivity index (χ0n) is 23.4. The summed E-state index contributed by atoms with van der Waals surface area (Å²) in [7, 11) is 0. The summed E-state index contributed by atoms with van der Waals surface area (Å²) < 4.78 is 12.2. The SMILES string of the molecule is CC#C[C@]1(O)CCC2C3CC[C@@]4(O)CC5(CCC4=C3[C@@H](c3ccc(C(C)C4CC4)cc3)C[C@@]21C)OCCO5. The van der Waals surface area contributed by atoms with Gasteiger partial charge in [0.25, 0.3) is 0 Å². The topological polar surface area (TPSA) is 58.9 Å². The fourth-order valence-electron chi connectivity index (χ4n) is 9.63. The van der Waals surface area contributed by atoms with E-state index in [0.717, 1.165) is 50.9 Å². The molecular weight excluding hydrogens is 472 g/mol. The molecule has 6 aliphatic rings. The van der Waals surface area contributed by atoms with Crippen LogP contribution in [-0.2, 0) is 9.47 Å². The Bertz CT molecular complexity index is 1200. The highest BCUT2D eigenvalue weighted by molar-refractivity contribution is 5.45. The highest BCUT2D eigenvalue weighted by atomic mass is 16.7. The monoisotopic (exact) mass is 516 g/mol. The van der Waals surface area contributed by atoms with Crippen molar-refractivity contribution in [1.82, 2.24) is 0 Å². The second kappa shape index (κ2) is 8.68. The van der Waals surface area contributed by atoms with E-state index >= 15 is 0 Å². The first kappa shape index (κ1) is 25.3. The molecule has 7 rings (SSSR count). The summed E-state index contributed by atoms with van der Waals surface area (Å²) in [6.45, 7) is 7.78. The average Bonchev–Trinajstić information content (AvgIpc) is 3.61. The lowest BCUT2D eigenvalue weighted by Crippen LogP contribution is -2.55. The predicted molar refractivity (Wildman–Crippen MR) is 147 cm³/mol. The molecule has 204 valence electrons. The Labute approximate surface area is 228 Å². The van der Waals surface area contributed by atoms with Crippen LogP contribution in [0.15, 0.2) is 35.4 Å². The Hall–Kier alpha value is -1.64. The molecule has 3 unspecified atom stereocenters. The van der Waals surface area contributed by atoms with Crippen molar-refractivity contribution in [2.45, 2.75) is 114 Å². The fourth-order valence-corrected chi connectivity index (χ4v) is 9.63. The molecule has 1 heterocycles. The van der Waals surface area contributed by atoms with Crippen LogP contribution in [-0.4, -0.2) is 40.4 Å². The van der Waals surface area contributed by atoms with Gasteiger partial charge in [-0.3, -0.25) is 0 Å². The molecule has 5 aliphatic carbocycles. The number of aliphatic hydroxyl groups is 2. The summed E-state index contributed by atoms with van der Waals surface area (Å²) in [5.74, 6) is 8.15. The van der Waals surface area contributed by atoms with E-state index in [1.807, 2.05) is 6.92 Å². The standard InChI is InChI=1S/C34H44O4/c1-4-14-33(36)16-12-28-26-11-15-32(35)21-34(37-18-19-38-34)17-13-29(32)30(26)27(20-31(28,33)3)25-9-7-24(8-10-25)22(2)23-5-6-23/h7-10,22-23,26-28,35-36H,5-6,11-13,15-21H2,1-3H3/t22?,26?,27-,28?,31+,32-,33+/m1/s1. The van der Waals surface area contributed by atoms with E-state index in [0.29, 0.717) is 37.4 Å². The largest absolute Gasteiger partial charge is 0.385 e. The molecule has 1 aromatic carbocycles.